The fourth-order valence-electron chi connectivity index (χ4n) is 3.66. The van der Waals surface area contributed by atoms with E-state index in [9.17, 15) is 0 Å². The van der Waals surface area contributed by atoms with Crippen molar-refractivity contribution in [2.24, 2.45) is 0 Å². The first-order chi connectivity index (χ1) is 16.8. The lowest BCUT2D eigenvalue weighted by Crippen LogP contribution is -2.41. The molecule has 0 aliphatic carbocycles. The lowest BCUT2D eigenvalue weighted by molar-refractivity contribution is 0.0899. The van der Waals surface area contributed by atoms with Crippen molar-refractivity contribution in [1.29, 1.82) is 0 Å². The number of ether oxygens (including phenoxy) is 2. The second kappa shape index (κ2) is 11.5. The predicted octanol–water partition coefficient (Wildman–Crippen LogP) is 8.57. The van der Waals surface area contributed by atoms with E-state index in [4.69, 9.17) is 13.9 Å². The first-order valence-electron chi connectivity index (χ1n) is 13.0. The lowest BCUT2D eigenvalue weighted by Gasteiger charge is -2.36. The van der Waals surface area contributed by atoms with Crippen molar-refractivity contribution in [1.82, 2.24) is 4.57 Å². The summed E-state index contributed by atoms with van der Waals surface area (Å²) in [5.74, 6) is 0.856. The van der Waals surface area contributed by atoms with Crippen molar-refractivity contribution < 1.29 is 13.9 Å². The molecule has 3 rings (SSSR count). The molecule has 0 fully saturated rings. The molecule has 0 unspecified atom stereocenters. The van der Waals surface area contributed by atoms with Crippen LogP contribution in [0.2, 0.25) is 43.8 Å². The molecule has 4 nitrogen and oxygen atoms in total. The van der Waals surface area contributed by atoms with Crippen LogP contribution < -0.4 is 4.74 Å². The summed E-state index contributed by atoms with van der Waals surface area (Å²) in [5, 5.41) is 1.28. The van der Waals surface area contributed by atoms with Crippen LogP contribution in [-0.4, -0.2) is 34.2 Å². The smallest absolute Gasteiger partial charge is 0.192 e. The zero-order valence-corrected chi connectivity index (χ0v) is 25.6. The van der Waals surface area contributed by atoms with Crippen LogP contribution in [-0.2, 0) is 22.5 Å². The third-order valence-corrected chi connectivity index (χ3v) is 13.3. The highest BCUT2D eigenvalue weighted by atomic mass is 28.4. The molecular formula is C30H45NO3Si2. The van der Waals surface area contributed by atoms with Gasteiger partial charge >= 0.3 is 0 Å². The molecule has 0 saturated carbocycles. The maximum Gasteiger partial charge on any atom is 0.192 e. The van der Waals surface area contributed by atoms with Gasteiger partial charge in [-0.05, 0) is 53.0 Å². The Bertz CT molecular complexity index is 1150. The molecule has 2 aromatic carbocycles. The van der Waals surface area contributed by atoms with Crippen LogP contribution in [0.25, 0.3) is 16.5 Å². The van der Waals surface area contributed by atoms with Crippen molar-refractivity contribution >= 4 is 32.9 Å². The average molecular weight is 524 g/mol. The zero-order chi connectivity index (χ0) is 26.6. The first kappa shape index (κ1) is 28.4. The van der Waals surface area contributed by atoms with E-state index in [-0.39, 0.29) is 5.04 Å². The normalized spacial score (nSPS) is 12.8. The van der Waals surface area contributed by atoms with Crippen LogP contribution in [0.1, 0.15) is 31.9 Å². The average Bonchev–Trinajstić information content (AvgIpc) is 3.22. The number of hydrogen-bond acceptors (Lipinski definition) is 3. The maximum atomic E-state index is 6.49. The van der Waals surface area contributed by atoms with Crippen molar-refractivity contribution in [2.45, 2.75) is 77.9 Å². The minimum absolute atomic E-state index is 0.161. The van der Waals surface area contributed by atoms with Crippen LogP contribution in [0.5, 0.6) is 5.75 Å². The number of fused-ring (bicyclic) bond motifs is 1. The highest BCUT2D eigenvalue weighted by molar-refractivity contribution is 6.76. The van der Waals surface area contributed by atoms with Crippen LogP contribution in [0.15, 0.2) is 61.3 Å². The molecule has 196 valence electrons. The third-order valence-electron chi connectivity index (χ3n) is 7.15. The van der Waals surface area contributed by atoms with Gasteiger partial charge in [0.2, 0.25) is 0 Å². The first-order valence-corrected chi connectivity index (χ1v) is 19.6. The Labute approximate surface area is 220 Å². The molecule has 36 heavy (non-hydrogen) atoms. The van der Waals surface area contributed by atoms with Crippen molar-refractivity contribution in [2.75, 3.05) is 13.2 Å². The monoisotopic (exact) mass is 523 g/mol. The third kappa shape index (κ3) is 7.45. The SMILES string of the molecule is C=C(CO[Si](C)(C)C(C)(C)C)c1ccc(OCc2ccccc2)c2c1ccn2COCC[Si](C)(C)C. The van der Waals surface area contributed by atoms with E-state index in [1.165, 1.54) is 0 Å². The lowest BCUT2D eigenvalue weighted by atomic mass is 10.0. The van der Waals surface area contributed by atoms with Crippen LogP contribution >= 0.6 is 0 Å². The molecule has 3 aromatic rings. The van der Waals surface area contributed by atoms with Gasteiger partial charge in [0, 0.05) is 26.3 Å². The Morgan fingerprint density at radius 1 is 0.944 bits per heavy atom. The molecule has 0 N–H and O–H groups in total. The van der Waals surface area contributed by atoms with Crippen molar-refractivity contribution in [3.05, 3.63) is 72.4 Å². The minimum atomic E-state index is -1.87. The summed E-state index contributed by atoms with van der Waals surface area (Å²) in [7, 11) is -3.01. The van der Waals surface area contributed by atoms with Gasteiger partial charge in [-0.15, -0.1) is 0 Å². The van der Waals surface area contributed by atoms with Gasteiger partial charge in [0.05, 0.1) is 12.1 Å². The number of benzene rings is 2. The van der Waals surface area contributed by atoms with E-state index in [0.29, 0.717) is 19.9 Å². The van der Waals surface area contributed by atoms with Gasteiger partial charge in [-0.1, -0.05) is 83.4 Å². The standard InChI is InChI=1S/C30H45NO3Si2/c1-24(21-34-36(8,9)30(2,3)4)26-15-16-28(33-22-25-13-11-10-12-14-25)29-27(26)17-18-31(29)23-32-19-20-35(5,6)7/h10-18H,1,19-23H2,2-9H3. The molecule has 0 spiro atoms. The molecule has 1 heterocycles. The van der Waals surface area contributed by atoms with E-state index < -0.39 is 16.4 Å². The van der Waals surface area contributed by atoms with Crippen LogP contribution in [0.4, 0.5) is 0 Å². The number of aromatic nitrogens is 1. The maximum absolute atomic E-state index is 6.49. The Morgan fingerprint density at radius 2 is 1.64 bits per heavy atom. The largest absolute Gasteiger partial charge is 0.487 e. The van der Waals surface area contributed by atoms with E-state index in [1.54, 1.807) is 0 Å². The summed E-state index contributed by atoms with van der Waals surface area (Å²) >= 11 is 0. The summed E-state index contributed by atoms with van der Waals surface area (Å²) in [6.45, 7) is 25.2. The van der Waals surface area contributed by atoms with E-state index in [1.807, 2.05) is 18.2 Å². The molecule has 0 radical (unpaired) electrons. The molecule has 0 aliphatic heterocycles. The van der Waals surface area contributed by atoms with Gasteiger partial charge < -0.3 is 18.5 Å². The fraction of sp³-hybridized carbons (Fsp3) is 0.467. The Balaban J connectivity index is 1.86. The van der Waals surface area contributed by atoms with Gasteiger partial charge in [-0.25, -0.2) is 0 Å². The highest BCUT2D eigenvalue weighted by Crippen LogP contribution is 2.38. The predicted molar refractivity (Wildman–Crippen MR) is 159 cm³/mol. The molecule has 0 atom stereocenters. The second-order valence-electron chi connectivity index (χ2n) is 12.4. The molecule has 0 aliphatic rings. The Hall–Kier alpha value is -2.13. The van der Waals surface area contributed by atoms with Gasteiger partial charge in [0.15, 0.2) is 8.32 Å². The molecule has 0 saturated heterocycles. The highest BCUT2D eigenvalue weighted by Gasteiger charge is 2.37. The summed E-state index contributed by atoms with van der Waals surface area (Å²) in [6, 6.07) is 17.8. The van der Waals surface area contributed by atoms with E-state index >= 15 is 0 Å². The quantitative estimate of drug-likeness (QED) is 0.176. The summed E-state index contributed by atoms with van der Waals surface area (Å²) in [6.07, 6.45) is 2.10. The van der Waals surface area contributed by atoms with Gasteiger partial charge in [0.25, 0.3) is 0 Å². The van der Waals surface area contributed by atoms with Gasteiger partial charge in [0.1, 0.15) is 19.1 Å². The minimum Gasteiger partial charge on any atom is -0.487 e. The number of hydrogen-bond donors (Lipinski definition) is 0. The molecular weight excluding hydrogens is 479 g/mol. The summed E-state index contributed by atoms with van der Waals surface area (Å²) in [5.41, 5.74) is 4.30. The van der Waals surface area contributed by atoms with Crippen molar-refractivity contribution in [3.63, 3.8) is 0 Å². The molecule has 1 aromatic heterocycles. The zero-order valence-electron chi connectivity index (χ0n) is 23.6. The topological polar surface area (TPSA) is 32.6 Å². The number of nitrogens with zero attached hydrogens (tertiary/aromatic N) is 1. The van der Waals surface area contributed by atoms with Gasteiger partial charge in [-0.2, -0.15) is 0 Å². The van der Waals surface area contributed by atoms with Gasteiger partial charge in [-0.3, -0.25) is 0 Å². The summed E-state index contributed by atoms with van der Waals surface area (Å²) < 4.78 is 21.1. The van der Waals surface area contributed by atoms with Crippen LogP contribution in [0, 0.1) is 0 Å². The fourth-order valence-corrected chi connectivity index (χ4v) is 5.39. The Kier molecular flexibility index (Phi) is 9.09. The molecule has 0 bridgehead atoms. The second-order valence-corrected chi connectivity index (χ2v) is 22.9. The number of rotatable bonds is 12. The molecule has 6 heteroatoms. The van der Waals surface area contributed by atoms with Crippen LogP contribution in [0.3, 0.4) is 0 Å². The molecule has 0 amide bonds. The van der Waals surface area contributed by atoms with E-state index in [2.05, 4.69) is 101 Å². The van der Waals surface area contributed by atoms with Crippen molar-refractivity contribution in [3.8, 4) is 5.75 Å². The Morgan fingerprint density at radius 3 is 2.28 bits per heavy atom. The summed E-state index contributed by atoms with van der Waals surface area (Å²) in [4.78, 5) is 0. The van der Waals surface area contributed by atoms with E-state index in [0.717, 1.165) is 46.0 Å².